The minimum Gasteiger partial charge on any atom is -0.497 e. The number of thioether (sulfide) groups is 1. The van der Waals surface area contributed by atoms with Gasteiger partial charge >= 0.3 is 5.97 Å². The predicted molar refractivity (Wildman–Crippen MR) is 102 cm³/mol. The van der Waals surface area contributed by atoms with Gasteiger partial charge in [-0.2, -0.15) is 11.8 Å². The number of carboxylic acid groups (broad SMARTS) is 1. The summed E-state index contributed by atoms with van der Waals surface area (Å²) in [5.74, 6) is 0.803. The highest BCUT2D eigenvalue weighted by atomic mass is 32.2. The van der Waals surface area contributed by atoms with Gasteiger partial charge in [0.1, 0.15) is 11.2 Å². The van der Waals surface area contributed by atoms with Crippen LogP contribution in [-0.2, 0) is 4.79 Å². The fourth-order valence-electron chi connectivity index (χ4n) is 4.17. The lowest BCUT2D eigenvalue weighted by Crippen LogP contribution is -2.42. The Morgan fingerprint density at radius 2 is 2.15 bits per heavy atom. The Kier molecular flexibility index (Phi) is 5.77. The van der Waals surface area contributed by atoms with Crippen molar-refractivity contribution in [2.75, 3.05) is 51.8 Å². The smallest absolute Gasteiger partial charge is 0.313 e. The van der Waals surface area contributed by atoms with Gasteiger partial charge in [-0.25, -0.2) is 0 Å². The fourth-order valence-corrected chi connectivity index (χ4v) is 4.59. The number of methoxy groups -OCH3 is 1. The highest BCUT2D eigenvalue weighted by Gasteiger charge is 2.58. The van der Waals surface area contributed by atoms with Gasteiger partial charge in [0.2, 0.25) is 0 Å². The highest BCUT2D eigenvalue weighted by Crippen LogP contribution is 2.43. The zero-order valence-electron chi connectivity index (χ0n) is 15.3. The van der Waals surface area contributed by atoms with Crippen LogP contribution in [0.5, 0.6) is 5.75 Å². The standard InChI is InChI=1S/C19H26N2O4S/c1-25-16-6-3-5-14(9-16)17(22)21-11-15-10-20(7-4-8-26-2)12-19(15,13-21)18(23)24/h3,5-6,9,15H,4,7-8,10-13H2,1-2H3,(H,23,24)/t15-,19-/m0/s1. The van der Waals surface area contributed by atoms with Crippen LogP contribution in [-0.4, -0.2) is 78.6 Å². The van der Waals surface area contributed by atoms with Crippen LogP contribution in [0, 0.1) is 11.3 Å². The minimum atomic E-state index is -0.839. The average molecular weight is 378 g/mol. The van der Waals surface area contributed by atoms with Crippen molar-refractivity contribution >= 4 is 23.6 Å². The summed E-state index contributed by atoms with van der Waals surface area (Å²) in [7, 11) is 1.56. The summed E-state index contributed by atoms with van der Waals surface area (Å²) in [6.45, 7) is 2.99. The molecule has 0 saturated carbocycles. The van der Waals surface area contributed by atoms with E-state index in [1.165, 1.54) is 0 Å². The maximum atomic E-state index is 12.9. The third-order valence-corrected chi connectivity index (χ3v) is 6.23. The fraction of sp³-hybridized carbons (Fsp3) is 0.579. The first-order valence-electron chi connectivity index (χ1n) is 8.88. The molecule has 0 spiro atoms. The molecule has 7 heteroatoms. The number of rotatable bonds is 7. The monoisotopic (exact) mass is 378 g/mol. The van der Waals surface area contributed by atoms with Crippen LogP contribution < -0.4 is 4.74 Å². The van der Waals surface area contributed by atoms with Crippen molar-refractivity contribution in [2.24, 2.45) is 11.3 Å². The first-order valence-corrected chi connectivity index (χ1v) is 10.3. The highest BCUT2D eigenvalue weighted by molar-refractivity contribution is 7.98. The quantitative estimate of drug-likeness (QED) is 0.731. The van der Waals surface area contributed by atoms with Crippen molar-refractivity contribution in [1.29, 1.82) is 0 Å². The number of carbonyl (C=O) groups is 2. The minimum absolute atomic E-state index is 0.0103. The molecule has 2 saturated heterocycles. The van der Waals surface area contributed by atoms with Crippen molar-refractivity contribution < 1.29 is 19.4 Å². The summed E-state index contributed by atoms with van der Waals surface area (Å²) >= 11 is 1.81. The molecule has 2 fully saturated rings. The molecular weight excluding hydrogens is 352 g/mol. The molecule has 1 amide bonds. The second-order valence-corrected chi connectivity index (χ2v) is 8.14. The van der Waals surface area contributed by atoms with E-state index in [4.69, 9.17) is 4.74 Å². The summed E-state index contributed by atoms with van der Waals surface area (Å²) in [6.07, 6.45) is 3.15. The van der Waals surface area contributed by atoms with Crippen LogP contribution >= 0.6 is 11.8 Å². The van der Waals surface area contributed by atoms with Crippen LogP contribution in [0.2, 0.25) is 0 Å². The van der Waals surface area contributed by atoms with Crippen molar-refractivity contribution in [3.8, 4) is 5.75 Å². The Balaban J connectivity index is 1.71. The molecule has 3 rings (SSSR count). The third kappa shape index (κ3) is 3.55. The number of nitrogens with zero attached hydrogens (tertiary/aromatic N) is 2. The molecule has 1 N–H and O–H groups in total. The van der Waals surface area contributed by atoms with E-state index in [-0.39, 0.29) is 18.4 Å². The van der Waals surface area contributed by atoms with E-state index in [1.807, 2.05) is 11.8 Å². The second-order valence-electron chi connectivity index (χ2n) is 7.16. The van der Waals surface area contributed by atoms with E-state index in [0.29, 0.717) is 24.4 Å². The molecule has 2 aliphatic rings. The summed E-state index contributed by atoms with van der Waals surface area (Å²) in [6, 6.07) is 7.03. The molecule has 142 valence electrons. The number of benzene rings is 1. The lowest BCUT2D eigenvalue weighted by atomic mass is 9.81. The number of carboxylic acids is 1. The Morgan fingerprint density at radius 3 is 2.81 bits per heavy atom. The van der Waals surface area contributed by atoms with Gasteiger partial charge in [0, 0.05) is 37.7 Å². The maximum Gasteiger partial charge on any atom is 0.313 e. The van der Waals surface area contributed by atoms with Crippen LogP contribution in [0.15, 0.2) is 24.3 Å². The van der Waals surface area contributed by atoms with Crippen LogP contribution in [0.4, 0.5) is 0 Å². The Bertz CT molecular complexity index is 683. The van der Waals surface area contributed by atoms with Crippen molar-refractivity contribution in [1.82, 2.24) is 9.80 Å². The molecule has 0 aliphatic carbocycles. The number of likely N-dealkylation sites (tertiary alicyclic amines) is 2. The average Bonchev–Trinajstić information content (AvgIpc) is 3.16. The molecule has 1 aromatic carbocycles. The van der Waals surface area contributed by atoms with Crippen molar-refractivity contribution in [3.05, 3.63) is 29.8 Å². The zero-order chi connectivity index (χ0) is 18.7. The number of amides is 1. The van der Waals surface area contributed by atoms with Crippen molar-refractivity contribution in [2.45, 2.75) is 6.42 Å². The number of carbonyl (C=O) groups excluding carboxylic acids is 1. The number of ether oxygens (including phenoxy) is 1. The molecule has 6 nitrogen and oxygen atoms in total. The maximum absolute atomic E-state index is 12.9. The zero-order valence-corrected chi connectivity index (χ0v) is 16.1. The van der Waals surface area contributed by atoms with E-state index < -0.39 is 11.4 Å². The van der Waals surface area contributed by atoms with Crippen LogP contribution in [0.1, 0.15) is 16.8 Å². The molecule has 1 aromatic rings. The molecule has 0 bridgehead atoms. The van der Waals surface area contributed by atoms with E-state index in [2.05, 4.69) is 11.2 Å². The van der Waals surface area contributed by atoms with E-state index >= 15 is 0 Å². The molecular formula is C19H26N2O4S. The number of fused-ring (bicyclic) bond motifs is 1. The van der Waals surface area contributed by atoms with Gasteiger partial charge in [-0.3, -0.25) is 9.59 Å². The molecule has 2 heterocycles. The Labute approximate surface area is 158 Å². The normalized spacial score (nSPS) is 25.3. The largest absolute Gasteiger partial charge is 0.497 e. The van der Waals surface area contributed by atoms with E-state index in [9.17, 15) is 14.7 Å². The molecule has 0 radical (unpaired) electrons. The summed E-state index contributed by atoms with van der Waals surface area (Å²) in [4.78, 5) is 28.9. The number of aliphatic carboxylic acids is 1. The summed E-state index contributed by atoms with van der Waals surface area (Å²) in [5, 5.41) is 9.93. The molecule has 0 aromatic heterocycles. The Hall–Kier alpha value is -1.73. The molecule has 0 unspecified atom stereocenters. The van der Waals surface area contributed by atoms with Gasteiger partial charge in [-0.05, 0) is 43.2 Å². The van der Waals surface area contributed by atoms with Gasteiger partial charge in [0.15, 0.2) is 0 Å². The van der Waals surface area contributed by atoms with Gasteiger partial charge < -0.3 is 19.6 Å². The van der Waals surface area contributed by atoms with Crippen molar-refractivity contribution in [3.63, 3.8) is 0 Å². The number of hydrogen-bond donors (Lipinski definition) is 1. The van der Waals surface area contributed by atoms with Gasteiger partial charge in [-0.15, -0.1) is 0 Å². The van der Waals surface area contributed by atoms with Gasteiger partial charge in [0.05, 0.1) is 7.11 Å². The number of hydrogen-bond acceptors (Lipinski definition) is 5. The lowest BCUT2D eigenvalue weighted by Gasteiger charge is -2.25. The van der Waals surface area contributed by atoms with Crippen LogP contribution in [0.25, 0.3) is 0 Å². The lowest BCUT2D eigenvalue weighted by molar-refractivity contribution is -0.148. The topological polar surface area (TPSA) is 70.1 Å². The molecule has 2 aliphatic heterocycles. The van der Waals surface area contributed by atoms with Crippen LogP contribution in [0.3, 0.4) is 0 Å². The first-order chi connectivity index (χ1) is 12.5. The summed E-state index contributed by atoms with van der Waals surface area (Å²) in [5.41, 5.74) is -0.296. The SMILES string of the molecule is COc1cccc(C(=O)N2C[C@@H]3CN(CCCSC)C[C@]3(C(=O)O)C2)c1. The third-order valence-electron chi connectivity index (χ3n) is 5.53. The predicted octanol–water partition coefficient (Wildman–Crippen LogP) is 1.91. The van der Waals surface area contributed by atoms with E-state index in [0.717, 1.165) is 25.3 Å². The van der Waals surface area contributed by atoms with Gasteiger partial charge in [0.25, 0.3) is 5.91 Å². The van der Waals surface area contributed by atoms with Gasteiger partial charge in [-0.1, -0.05) is 6.07 Å². The molecule has 26 heavy (non-hydrogen) atoms. The van der Waals surface area contributed by atoms with E-state index in [1.54, 1.807) is 36.3 Å². The Morgan fingerprint density at radius 1 is 1.35 bits per heavy atom. The molecule has 2 atom stereocenters. The first kappa shape index (κ1) is 19.0. The summed E-state index contributed by atoms with van der Waals surface area (Å²) < 4.78 is 5.19. The second kappa shape index (κ2) is 7.88.